The highest BCUT2D eigenvalue weighted by Crippen LogP contribution is 2.19. The molecule has 2 unspecified atom stereocenters. The molecule has 0 fully saturated rings. The van der Waals surface area contributed by atoms with E-state index in [1.165, 1.54) is 360 Å². The minimum atomic E-state index is -0.844. The van der Waals surface area contributed by atoms with Gasteiger partial charge < -0.3 is 20.3 Å². The molecular formula is C79H151NO5. The van der Waals surface area contributed by atoms with Crippen molar-refractivity contribution in [3.8, 4) is 0 Å². The van der Waals surface area contributed by atoms with Gasteiger partial charge in [-0.05, 0) is 83.5 Å². The van der Waals surface area contributed by atoms with Crippen molar-refractivity contribution in [2.24, 2.45) is 0 Å². The van der Waals surface area contributed by atoms with Gasteiger partial charge >= 0.3 is 5.97 Å². The van der Waals surface area contributed by atoms with Crippen molar-refractivity contribution in [2.75, 3.05) is 13.2 Å². The van der Waals surface area contributed by atoms with Crippen molar-refractivity contribution in [2.45, 2.75) is 443 Å². The minimum Gasteiger partial charge on any atom is -0.466 e. The van der Waals surface area contributed by atoms with Crippen LogP contribution in [0.3, 0.4) is 0 Å². The fraction of sp³-hybridized carbons (Fsp3) is 0.899. The summed E-state index contributed by atoms with van der Waals surface area (Å²) in [6.45, 7) is 4.94. The number of hydrogen-bond acceptors (Lipinski definition) is 5. The van der Waals surface area contributed by atoms with Crippen LogP contribution in [0.2, 0.25) is 0 Å². The average molecular weight is 1200 g/mol. The van der Waals surface area contributed by atoms with E-state index in [0.717, 1.165) is 44.9 Å². The number of rotatable bonds is 73. The van der Waals surface area contributed by atoms with E-state index in [-0.39, 0.29) is 18.5 Å². The maximum atomic E-state index is 12.5. The first-order valence-electron chi connectivity index (χ1n) is 38.8. The van der Waals surface area contributed by atoms with Gasteiger partial charge in [-0.2, -0.15) is 0 Å². The summed E-state index contributed by atoms with van der Waals surface area (Å²) in [4.78, 5) is 24.6. The summed E-state index contributed by atoms with van der Waals surface area (Å²) in [6, 6.07) is -0.627. The van der Waals surface area contributed by atoms with E-state index in [2.05, 4.69) is 43.5 Å². The molecule has 3 N–H and O–H groups in total. The monoisotopic (exact) mass is 1190 g/mol. The molecule has 0 rings (SSSR count). The maximum Gasteiger partial charge on any atom is 0.305 e. The van der Waals surface area contributed by atoms with Crippen molar-refractivity contribution in [3.63, 3.8) is 0 Å². The Morgan fingerprint density at radius 1 is 0.318 bits per heavy atom. The minimum absolute atomic E-state index is 0.00998. The summed E-state index contributed by atoms with van der Waals surface area (Å²) in [5.74, 6) is -0.0509. The van der Waals surface area contributed by atoms with Gasteiger partial charge in [0.05, 0.1) is 25.4 Å². The van der Waals surface area contributed by atoms with Crippen LogP contribution in [-0.4, -0.2) is 47.4 Å². The zero-order valence-electron chi connectivity index (χ0n) is 57.6. The molecule has 0 spiro atoms. The number of unbranched alkanes of at least 4 members (excludes halogenated alkanes) is 58. The lowest BCUT2D eigenvalue weighted by Crippen LogP contribution is -2.45. The number of aliphatic hydroxyl groups excluding tert-OH is 2. The number of esters is 1. The Bertz CT molecular complexity index is 1380. The van der Waals surface area contributed by atoms with Crippen LogP contribution >= 0.6 is 0 Å². The highest BCUT2D eigenvalue weighted by Gasteiger charge is 2.18. The fourth-order valence-electron chi connectivity index (χ4n) is 12.2. The van der Waals surface area contributed by atoms with Crippen molar-refractivity contribution < 1.29 is 24.5 Å². The van der Waals surface area contributed by atoms with Crippen molar-refractivity contribution in [1.82, 2.24) is 5.32 Å². The molecule has 85 heavy (non-hydrogen) atoms. The average Bonchev–Trinajstić information content (AvgIpc) is 3.50. The summed E-state index contributed by atoms with van der Waals surface area (Å²) >= 11 is 0. The van der Waals surface area contributed by atoms with Crippen LogP contribution in [-0.2, 0) is 14.3 Å². The molecular weight excluding hydrogens is 1040 g/mol. The summed E-state index contributed by atoms with van der Waals surface area (Å²) < 4.78 is 5.49. The van der Waals surface area contributed by atoms with Crippen molar-refractivity contribution in [1.29, 1.82) is 0 Å². The molecule has 6 nitrogen and oxygen atoms in total. The first-order chi connectivity index (χ1) is 42.0. The molecule has 0 aliphatic rings. The molecule has 0 heterocycles. The Balaban J connectivity index is 3.38. The first kappa shape index (κ1) is 83.1. The summed E-state index contributed by atoms with van der Waals surface area (Å²) in [5, 5.41) is 23.3. The molecule has 6 heteroatoms. The number of carbonyl (C=O) groups is 2. The maximum absolute atomic E-state index is 12.5. The third kappa shape index (κ3) is 71.0. The molecule has 2 atom stereocenters. The van der Waals surface area contributed by atoms with Gasteiger partial charge in [0, 0.05) is 12.8 Å². The Labute approximate surface area is 532 Å². The zero-order chi connectivity index (χ0) is 61.3. The number of hydrogen-bond donors (Lipinski definition) is 3. The predicted molar refractivity (Wildman–Crippen MR) is 375 cm³/mol. The van der Waals surface area contributed by atoms with Gasteiger partial charge in [-0.15, -0.1) is 0 Å². The Hall–Kier alpha value is -1.92. The lowest BCUT2D eigenvalue weighted by Gasteiger charge is -2.20. The highest BCUT2D eigenvalue weighted by atomic mass is 16.5. The SMILES string of the molecule is CCCCCCC/C=C\CCCCCCCC(=O)OCCCCCCCCCCCCCC/C=C\CCCCCCCCCCCCCCCCCCC(=O)NC(CO)C(O)/C=C/CCCCCCCCCCCCCCCCCCCCCC. The molecule has 0 aromatic rings. The smallest absolute Gasteiger partial charge is 0.305 e. The molecule has 0 saturated heterocycles. The molecule has 1 amide bonds. The van der Waals surface area contributed by atoms with Crippen molar-refractivity contribution in [3.05, 3.63) is 36.5 Å². The zero-order valence-corrected chi connectivity index (χ0v) is 57.6. The third-order valence-corrected chi connectivity index (χ3v) is 18.1. The summed E-state index contributed by atoms with van der Waals surface area (Å²) in [5.41, 5.74) is 0. The lowest BCUT2D eigenvalue weighted by atomic mass is 10.0. The van der Waals surface area contributed by atoms with Gasteiger partial charge in [-0.3, -0.25) is 9.59 Å². The second-order valence-corrected chi connectivity index (χ2v) is 26.7. The van der Waals surface area contributed by atoms with E-state index in [4.69, 9.17) is 4.74 Å². The van der Waals surface area contributed by atoms with Crippen LogP contribution < -0.4 is 5.32 Å². The normalized spacial score (nSPS) is 12.7. The predicted octanol–water partition coefficient (Wildman–Crippen LogP) is 25.4. The van der Waals surface area contributed by atoms with Crippen LogP contribution in [0.5, 0.6) is 0 Å². The summed E-state index contributed by atoms with van der Waals surface area (Å²) in [7, 11) is 0. The Morgan fingerprint density at radius 3 is 0.835 bits per heavy atom. The second kappa shape index (κ2) is 74.5. The molecule has 0 aliphatic carbocycles. The second-order valence-electron chi connectivity index (χ2n) is 26.7. The topological polar surface area (TPSA) is 95.9 Å². The standard InChI is InChI=1S/C79H151NO5/c1-3-5-7-9-11-13-15-17-19-20-21-22-35-38-41-44-47-51-55-59-63-67-71-77(82)76(75-81)80-78(83)72-68-64-60-56-52-48-45-42-39-36-33-31-29-27-25-23-24-26-28-30-32-34-37-40-43-46-50-54-58-62-66-70-74-85-79(84)73-69-65-61-57-53-49-18-16-14-12-10-8-6-4-2/h16,18,26,28,67,71,76-77,81-82H,3-15,17,19-25,27,29-66,68-70,72-75H2,1-2H3,(H,80,83)/b18-16-,28-26-,71-67+. The van der Waals surface area contributed by atoms with Gasteiger partial charge in [0.25, 0.3) is 0 Å². The van der Waals surface area contributed by atoms with Crippen LogP contribution in [0.1, 0.15) is 431 Å². The van der Waals surface area contributed by atoms with Crippen molar-refractivity contribution >= 4 is 11.9 Å². The largest absolute Gasteiger partial charge is 0.466 e. The van der Waals surface area contributed by atoms with Gasteiger partial charge in [0.15, 0.2) is 0 Å². The quantitative estimate of drug-likeness (QED) is 0.0320. The van der Waals surface area contributed by atoms with E-state index < -0.39 is 12.1 Å². The Kier molecular flexibility index (Phi) is 72.9. The number of allylic oxidation sites excluding steroid dienone is 5. The number of nitrogens with one attached hydrogen (secondary N) is 1. The molecule has 502 valence electrons. The van der Waals surface area contributed by atoms with E-state index >= 15 is 0 Å². The van der Waals surface area contributed by atoms with Crippen LogP contribution in [0.15, 0.2) is 36.5 Å². The number of carbonyl (C=O) groups excluding carboxylic acids is 2. The van der Waals surface area contributed by atoms with E-state index in [0.29, 0.717) is 19.4 Å². The van der Waals surface area contributed by atoms with Gasteiger partial charge in [-0.1, -0.05) is 371 Å². The molecule has 0 aromatic carbocycles. The van der Waals surface area contributed by atoms with Gasteiger partial charge in [0.1, 0.15) is 0 Å². The highest BCUT2D eigenvalue weighted by molar-refractivity contribution is 5.76. The summed E-state index contributed by atoms with van der Waals surface area (Å²) in [6.07, 6.45) is 96.9. The van der Waals surface area contributed by atoms with Crippen LogP contribution in [0.4, 0.5) is 0 Å². The van der Waals surface area contributed by atoms with Gasteiger partial charge in [-0.25, -0.2) is 0 Å². The third-order valence-electron chi connectivity index (χ3n) is 18.1. The lowest BCUT2D eigenvalue weighted by molar-refractivity contribution is -0.143. The first-order valence-corrected chi connectivity index (χ1v) is 38.8. The molecule has 0 aromatic heterocycles. The van der Waals surface area contributed by atoms with Gasteiger partial charge in [0.2, 0.25) is 5.91 Å². The van der Waals surface area contributed by atoms with Crippen LogP contribution in [0, 0.1) is 0 Å². The number of aliphatic hydroxyl groups is 2. The molecule has 0 bridgehead atoms. The number of amides is 1. The molecule has 0 aliphatic heterocycles. The molecule has 0 saturated carbocycles. The molecule has 0 radical (unpaired) electrons. The van der Waals surface area contributed by atoms with Crippen LogP contribution in [0.25, 0.3) is 0 Å². The van der Waals surface area contributed by atoms with E-state index in [1.807, 2.05) is 6.08 Å². The van der Waals surface area contributed by atoms with E-state index in [1.54, 1.807) is 6.08 Å². The number of ether oxygens (including phenoxy) is 1. The van der Waals surface area contributed by atoms with E-state index in [9.17, 15) is 19.8 Å². The Morgan fingerprint density at radius 2 is 0.553 bits per heavy atom. The fourth-order valence-corrected chi connectivity index (χ4v) is 12.2.